The van der Waals surface area contributed by atoms with E-state index in [9.17, 15) is 4.79 Å². The lowest BCUT2D eigenvalue weighted by Gasteiger charge is -2.35. The second kappa shape index (κ2) is 11.9. The molecule has 1 aliphatic rings. The number of urea groups is 1. The van der Waals surface area contributed by atoms with E-state index in [2.05, 4.69) is 50.2 Å². The minimum Gasteiger partial charge on any atom is -0.492 e. The van der Waals surface area contributed by atoms with E-state index in [0.29, 0.717) is 18.1 Å². The van der Waals surface area contributed by atoms with Crippen molar-refractivity contribution in [2.24, 2.45) is 0 Å². The summed E-state index contributed by atoms with van der Waals surface area (Å²) in [6.07, 6.45) is 0.457. The molecule has 5 rings (SSSR count). The van der Waals surface area contributed by atoms with Gasteiger partial charge >= 0.3 is 6.03 Å². The number of nitrogens with zero attached hydrogens (tertiary/aromatic N) is 3. The number of aryl methyl sites for hydroxylation is 1. The molecule has 1 aliphatic heterocycles. The molecule has 8 heteroatoms. The van der Waals surface area contributed by atoms with Crippen molar-refractivity contribution in [2.45, 2.75) is 59.2 Å². The standard InChI is InChI=1S/C33H41N5O3/c1-22-11-13-25(14-12-22)38-31(19-30(36-38)33(4,5)6)35-32(39)34-28-15-16-29(27-10-8-7-9-26(27)28)40-18-17-37-20-23(2)41-24(3)21-37/h7-16,19,23-24H,17-18,20-21H2,1-6H3,(H2,34,35,39). The van der Waals surface area contributed by atoms with E-state index in [1.165, 1.54) is 0 Å². The topological polar surface area (TPSA) is 80.7 Å². The van der Waals surface area contributed by atoms with Crippen LogP contribution in [0.4, 0.5) is 16.3 Å². The van der Waals surface area contributed by atoms with Crippen LogP contribution in [0.1, 0.15) is 45.9 Å². The molecule has 4 aromatic rings. The van der Waals surface area contributed by atoms with Gasteiger partial charge in [-0.3, -0.25) is 10.2 Å². The molecular formula is C33H41N5O3. The van der Waals surface area contributed by atoms with E-state index in [4.69, 9.17) is 14.6 Å². The van der Waals surface area contributed by atoms with Crippen LogP contribution < -0.4 is 15.4 Å². The summed E-state index contributed by atoms with van der Waals surface area (Å²) < 4.78 is 13.9. The number of hydrogen-bond acceptors (Lipinski definition) is 5. The van der Waals surface area contributed by atoms with E-state index in [1.807, 2.05) is 73.7 Å². The monoisotopic (exact) mass is 555 g/mol. The average Bonchev–Trinajstić information content (AvgIpc) is 3.34. The van der Waals surface area contributed by atoms with Crippen molar-refractivity contribution in [1.29, 1.82) is 0 Å². The van der Waals surface area contributed by atoms with Crippen LogP contribution in [0.3, 0.4) is 0 Å². The van der Waals surface area contributed by atoms with Crippen LogP contribution in [0.5, 0.6) is 5.75 Å². The van der Waals surface area contributed by atoms with Gasteiger partial charge in [0.2, 0.25) is 0 Å². The zero-order valence-corrected chi connectivity index (χ0v) is 24.9. The Labute approximate surface area is 242 Å². The third kappa shape index (κ3) is 6.89. The smallest absolute Gasteiger partial charge is 0.324 e. The number of hydrogen-bond donors (Lipinski definition) is 2. The minimum atomic E-state index is -0.340. The molecule has 0 saturated carbocycles. The van der Waals surface area contributed by atoms with Gasteiger partial charge in [-0.1, -0.05) is 62.7 Å². The number of morpholine rings is 1. The molecule has 1 fully saturated rings. The van der Waals surface area contributed by atoms with Crippen LogP contribution in [0.2, 0.25) is 0 Å². The Morgan fingerprint density at radius 1 is 0.976 bits per heavy atom. The predicted octanol–water partition coefficient (Wildman–Crippen LogP) is 6.76. The zero-order chi connectivity index (χ0) is 29.1. The second-order valence-electron chi connectivity index (χ2n) is 12.0. The molecule has 2 N–H and O–H groups in total. The maximum atomic E-state index is 13.3. The molecule has 1 aromatic heterocycles. The van der Waals surface area contributed by atoms with E-state index in [1.54, 1.807) is 4.68 Å². The minimum absolute atomic E-state index is 0.173. The SMILES string of the molecule is Cc1ccc(-n2nc(C(C)(C)C)cc2NC(=O)Nc2ccc(OCCN3CC(C)OC(C)C3)c3ccccc23)cc1. The van der Waals surface area contributed by atoms with Crippen LogP contribution >= 0.6 is 0 Å². The number of carbonyl (C=O) groups excluding carboxylic acids is 1. The number of amides is 2. The fraction of sp³-hybridized carbons (Fsp3) is 0.394. The Bertz CT molecular complexity index is 1500. The first-order valence-corrected chi connectivity index (χ1v) is 14.3. The maximum Gasteiger partial charge on any atom is 0.324 e. The van der Waals surface area contributed by atoms with Gasteiger partial charge in [0.05, 0.1) is 29.3 Å². The van der Waals surface area contributed by atoms with E-state index < -0.39 is 0 Å². The number of nitrogens with one attached hydrogen (secondary N) is 2. The molecule has 41 heavy (non-hydrogen) atoms. The number of anilines is 2. The van der Waals surface area contributed by atoms with E-state index in [-0.39, 0.29) is 23.7 Å². The third-order valence-electron chi connectivity index (χ3n) is 7.29. The Morgan fingerprint density at radius 2 is 1.66 bits per heavy atom. The van der Waals surface area contributed by atoms with Crippen molar-refractivity contribution in [1.82, 2.24) is 14.7 Å². The van der Waals surface area contributed by atoms with Crippen molar-refractivity contribution in [3.63, 3.8) is 0 Å². The predicted molar refractivity (Wildman–Crippen MR) is 166 cm³/mol. The highest BCUT2D eigenvalue weighted by Crippen LogP contribution is 2.32. The molecule has 2 unspecified atom stereocenters. The molecular weight excluding hydrogens is 514 g/mol. The first-order chi connectivity index (χ1) is 19.6. The summed E-state index contributed by atoms with van der Waals surface area (Å²) in [6, 6.07) is 21.5. The van der Waals surface area contributed by atoms with Crippen molar-refractivity contribution in [3.05, 3.63) is 78.0 Å². The third-order valence-corrected chi connectivity index (χ3v) is 7.29. The molecule has 0 radical (unpaired) electrons. The number of fused-ring (bicyclic) bond motifs is 1. The maximum absolute atomic E-state index is 13.3. The number of ether oxygens (including phenoxy) is 2. The summed E-state index contributed by atoms with van der Waals surface area (Å²) in [7, 11) is 0. The van der Waals surface area contributed by atoms with Crippen LogP contribution in [0, 0.1) is 6.92 Å². The molecule has 8 nitrogen and oxygen atoms in total. The molecule has 2 heterocycles. The van der Waals surface area contributed by atoms with Gasteiger partial charge in [-0.2, -0.15) is 5.10 Å². The first kappa shape index (κ1) is 28.6. The highest BCUT2D eigenvalue weighted by Gasteiger charge is 2.23. The molecule has 3 aromatic carbocycles. The molecule has 1 saturated heterocycles. The summed E-state index contributed by atoms with van der Waals surface area (Å²) in [5, 5.41) is 12.8. The second-order valence-corrected chi connectivity index (χ2v) is 12.0. The fourth-order valence-corrected chi connectivity index (χ4v) is 5.25. The summed E-state index contributed by atoms with van der Waals surface area (Å²) in [5.41, 5.74) is 3.47. The summed E-state index contributed by atoms with van der Waals surface area (Å²) in [6.45, 7) is 15.8. The molecule has 216 valence electrons. The molecule has 2 amide bonds. The van der Waals surface area contributed by atoms with Gasteiger partial charge in [-0.15, -0.1) is 0 Å². The molecule has 0 aliphatic carbocycles. The van der Waals surface area contributed by atoms with Crippen LogP contribution in [-0.2, 0) is 10.2 Å². The van der Waals surface area contributed by atoms with E-state index >= 15 is 0 Å². The zero-order valence-electron chi connectivity index (χ0n) is 24.9. The number of aromatic nitrogens is 2. The van der Waals surface area contributed by atoms with Crippen molar-refractivity contribution in [3.8, 4) is 11.4 Å². The molecule has 0 spiro atoms. The van der Waals surface area contributed by atoms with Gasteiger partial charge < -0.3 is 14.8 Å². The largest absolute Gasteiger partial charge is 0.492 e. The Balaban J connectivity index is 1.31. The van der Waals surface area contributed by atoms with E-state index in [0.717, 1.165) is 53.1 Å². The Morgan fingerprint density at radius 3 is 2.34 bits per heavy atom. The van der Waals surface area contributed by atoms with Gasteiger partial charge in [0, 0.05) is 41.9 Å². The van der Waals surface area contributed by atoms with Crippen molar-refractivity contribution < 1.29 is 14.3 Å². The lowest BCUT2D eigenvalue weighted by Crippen LogP contribution is -2.46. The number of rotatable bonds is 7. The Kier molecular flexibility index (Phi) is 8.33. The van der Waals surface area contributed by atoms with Gasteiger partial charge in [0.15, 0.2) is 0 Å². The normalized spacial score (nSPS) is 17.9. The average molecular weight is 556 g/mol. The van der Waals surface area contributed by atoms with Crippen LogP contribution in [0.15, 0.2) is 66.7 Å². The summed E-state index contributed by atoms with van der Waals surface area (Å²) in [5.74, 6) is 1.40. The summed E-state index contributed by atoms with van der Waals surface area (Å²) >= 11 is 0. The number of benzene rings is 3. The van der Waals surface area contributed by atoms with Crippen molar-refractivity contribution >= 4 is 28.3 Å². The highest BCUT2D eigenvalue weighted by molar-refractivity contribution is 6.07. The Hall–Kier alpha value is -3.88. The quantitative estimate of drug-likeness (QED) is 0.263. The van der Waals surface area contributed by atoms with Crippen LogP contribution in [-0.4, -0.2) is 59.2 Å². The van der Waals surface area contributed by atoms with Gasteiger partial charge in [-0.25, -0.2) is 9.48 Å². The lowest BCUT2D eigenvalue weighted by molar-refractivity contribution is -0.0699. The fourth-order valence-electron chi connectivity index (χ4n) is 5.25. The van der Waals surface area contributed by atoms with Gasteiger partial charge in [-0.05, 0) is 45.0 Å². The van der Waals surface area contributed by atoms with Gasteiger partial charge in [0.25, 0.3) is 0 Å². The summed E-state index contributed by atoms with van der Waals surface area (Å²) in [4.78, 5) is 15.7. The lowest BCUT2D eigenvalue weighted by atomic mass is 9.92. The van der Waals surface area contributed by atoms with Gasteiger partial charge in [0.1, 0.15) is 18.2 Å². The van der Waals surface area contributed by atoms with Crippen LogP contribution in [0.25, 0.3) is 16.5 Å². The number of carbonyl (C=O) groups is 1. The first-order valence-electron chi connectivity index (χ1n) is 14.3. The molecule has 2 atom stereocenters. The molecule has 0 bridgehead atoms. The highest BCUT2D eigenvalue weighted by atomic mass is 16.5. The van der Waals surface area contributed by atoms with Crippen molar-refractivity contribution in [2.75, 3.05) is 36.9 Å².